The summed E-state index contributed by atoms with van der Waals surface area (Å²) in [5, 5.41) is 24.5. The van der Waals surface area contributed by atoms with Crippen molar-refractivity contribution in [3.05, 3.63) is 81.9 Å². The van der Waals surface area contributed by atoms with Crippen LogP contribution in [0.2, 0.25) is 0 Å². The van der Waals surface area contributed by atoms with E-state index < -0.39 is 34.2 Å². The molecule has 0 bridgehead atoms. The smallest absolute Gasteiger partial charge is 0.331 e. The summed E-state index contributed by atoms with van der Waals surface area (Å²) in [6.45, 7) is 0.0595. The van der Waals surface area contributed by atoms with Gasteiger partial charge in [-0.2, -0.15) is 0 Å². The lowest BCUT2D eigenvalue weighted by Gasteiger charge is -2.29. The van der Waals surface area contributed by atoms with Crippen LogP contribution >= 0.6 is 0 Å². The minimum absolute atomic E-state index is 0.0595. The first kappa shape index (κ1) is 22.5. The zero-order valence-electron chi connectivity index (χ0n) is 16.1. The van der Waals surface area contributed by atoms with Gasteiger partial charge in [-0.3, -0.25) is 4.79 Å². The molecule has 0 aliphatic heterocycles. The second kappa shape index (κ2) is 10.1. The summed E-state index contributed by atoms with van der Waals surface area (Å²) in [7, 11) is 0. The predicted octanol–water partition coefficient (Wildman–Crippen LogP) is 1.05. The highest BCUT2D eigenvalue weighted by Crippen LogP contribution is 2.30. The van der Waals surface area contributed by atoms with E-state index in [2.05, 4.69) is 10.4 Å². The lowest BCUT2D eigenvalue weighted by Crippen LogP contribution is -2.57. The van der Waals surface area contributed by atoms with Gasteiger partial charge < -0.3 is 21.9 Å². The van der Waals surface area contributed by atoms with E-state index in [1.54, 1.807) is 60.7 Å². The van der Waals surface area contributed by atoms with Crippen LogP contribution in [0.15, 0.2) is 65.8 Å². The number of Topliss-reactive ketones (excluding diaryl/α,β-unsaturated/α-hetero) is 1. The largest absolute Gasteiger partial charge is 0.480 e. The van der Waals surface area contributed by atoms with E-state index in [0.717, 1.165) is 0 Å². The standard InChI is InChI=1S/C20H23N5O5/c21-19(24-25(29)30)23-13-7-12-20(22,18(27)28)17(26)16(14-8-3-1-4-9-14)15-10-5-2-6-11-15/h1-6,8-11,16H,7,12-13,22H2,(H,27,28)(H3,21,23,24)/t20-/m1/s1. The average Bonchev–Trinajstić information content (AvgIpc) is 2.72. The maximum Gasteiger partial charge on any atom is 0.331 e. The molecule has 10 heteroatoms. The van der Waals surface area contributed by atoms with Crippen molar-refractivity contribution >= 4 is 17.7 Å². The van der Waals surface area contributed by atoms with Crippen molar-refractivity contribution in [1.82, 2.24) is 5.32 Å². The molecule has 0 radical (unpaired) electrons. The number of hydrazone groups is 1. The van der Waals surface area contributed by atoms with Gasteiger partial charge in [-0.1, -0.05) is 60.7 Å². The summed E-state index contributed by atoms with van der Waals surface area (Å²) < 4.78 is 0. The van der Waals surface area contributed by atoms with Gasteiger partial charge in [0.2, 0.25) is 0 Å². The Kier molecular flexibility index (Phi) is 7.59. The van der Waals surface area contributed by atoms with Crippen LogP contribution in [-0.4, -0.2) is 39.9 Å². The number of nitro groups is 1. The van der Waals surface area contributed by atoms with Crippen LogP contribution in [0.4, 0.5) is 0 Å². The molecule has 0 aliphatic carbocycles. The van der Waals surface area contributed by atoms with Crippen molar-refractivity contribution in [2.24, 2.45) is 16.6 Å². The van der Waals surface area contributed by atoms with Crippen LogP contribution in [0.5, 0.6) is 0 Å². The number of carbonyl (C=O) groups is 2. The minimum atomic E-state index is -2.16. The molecule has 0 unspecified atom stereocenters. The number of hydrogen-bond donors (Lipinski definition) is 4. The van der Waals surface area contributed by atoms with Crippen molar-refractivity contribution < 1.29 is 19.7 Å². The number of nitrogens with one attached hydrogen (secondary N) is 1. The average molecular weight is 413 g/mol. The van der Waals surface area contributed by atoms with Crippen molar-refractivity contribution in [1.29, 1.82) is 0 Å². The molecule has 1 atom stereocenters. The van der Waals surface area contributed by atoms with Crippen LogP contribution in [0.25, 0.3) is 0 Å². The first-order chi connectivity index (χ1) is 14.3. The van der Waals surface area contributed by atoms with E-state index in [1.807, 2.05) is 0 Å². The number of guanidine groups is 1. The quantitative estimate of drug-likeness (QED) is 0.112. The number of nitrogens with zero attached hydrogens (tertiary/aromatic N) is 2. The van der Waals surface area contributed by atoms with E-state index in [9.17, 15) is 24.8 Å². The van der Waals surface area contributed by atoms with Crippen LogP contribution in [0, 0.1) is 10.1 Å². The van der Waals surface area contributed by atoms with Gasteiger partial charge in [0.25, 0.3) is 5.96 Å². The Morgan fingerprint density at radius 1 is 1.10 bits per heavy atom. The highest BCUT2D eigenvalue weighted by molar-refractivity contribution is 6.11. The molecule has 0 fully saturated rings. The summed E-state index contributed by atoms with van der Waals surface area (Å²) in [5.74, 6) is -3.38. The van der Waals surface area contributed by atoms with Crippen molar-refractivity contribution in [2.75, 3.05) is 6.54 Å². The van der Waals surface area contributed by atoms with Gasteiger partial charge in [-0.05, 0) is 24.0 Å². The minimum Gasteiger partial charge on any atom is -0.480 e. The molecule has 158 valence electrons. The highest BCUT2D eigenvalue weighted by atomic mass is 16.7. The van der Waals surface area contributed by atoms with Gasteiger partial charge in [-0.15, -0.1) is 0 Å². The van der Waals surface area contributed by atoms with E-state index in [0.29, 0.717) is 11.1 Å². The molecule has 0 heterocycles. The number of aliphatic carboxylic acids is 1. The number of carboxylic acid groups (broad SMARTS) is 1. The van der Waals surface area contributed by atoms with Crippen LogP contribution in [-0.2, 0) is 9.59 Å². The molecular weight excluding hydrogens is 390 g/mol. The molecule has 2 aromatic rings. The second-order valence-electron chi connectivity index (χ2n) is 6.65. The molecule has 10 nitrogen and oxygen atoms in total. The summed E-state index contributed by atoms with van der Waals surface area (Å²) in [6, 6.07) is 17.6. The number of benzene rings is 2. The zero-order valence-corrected chi connectivity index (χ0v) is 16.1. The number of rotatable bonds is 10. The molecule has 6 N–H and O–H groups in total. The molecule has 0 aromatic heterocycles. The Morgan fingerprint density at radius 3 is 2.03 bits per heavy atom. The first-order valence-corrected chi connectivity index (χ1v) is 9.14. The fourth-order valence-corrected chi connectivity index (χ4v) is 3.09. The second-order valence-corrected chi connectivity index (χ2v) is 6.65. The molecule has 0 spiro atoms. The van der Waals surface area contributed by atoms with Gasteiger partial charge in [0.15, 0.2) is 16.4 Å². The molecule has 0 saturated heterocycles. The van der Waals surface area contributed by atoms with Gasteiger partial charge in [0.1, 0.15) is 5.10 Å². The van der Waals surface area contributed by atoms with E-state index in [1.165, 1.54) is 0 Å². The molecule has 0 amide bonds. The Labute approximate surface area is 172 Å². The number of carboxylic acids is 1. The lowest BCUT2D eigenvalue weighted by molar-refractivity contribution is -0.485. The van der Waals surface area contributed by atoms with Crippen LogP contribution < -0.4 is 16.8 Å². The normalized spacial score (nSPS) is 13.5. The third-order valence-corrected chi connectivity index (χ3v) is 4.59. The van der Waals surface area contributed by atoms with Crippen molar-refractivity contribution in [3.8, 4) is 0 Å². The van der Waals surface area contributed by atoms with Crippen molar-refractivity contribution in [2.45, 2.75) is 24.3 Å². The zero-order chi connectivity index (χ0) is 22.1. The molecular formula is C20H23N5O5. The Bertz CT molecular complexity index is 880. The fourth-order valence-electron chi connectivity index (χ4n) is 3.09. The third-order valence-electron chi connectivity index (χ3n) is 4.59. The van der Waals surface area contributed by atoms with Crippen molar-refractivity contribution in [3.63, 3.8) is 0 Å². The van der Waals surface area contributed by atoms with Gasteiger partial charge in [0.05, 0.1) is 5.92 Å². The van der Waals surface area contributed by atoms with E-state index in [-0.39, 0.29) is 19.4 Å². The molecule has 0 saturated carbocycles. The lowest BCUT2D eigenvalue weighted by atomic mass is 9.77. The monoisotopic (exact) mass is 413 g/mol. The Hall–Kier alpha value is -3.79. The molecule has 2 rings (SSSR count). The topological polar surface area (TPSA) is 174 Å². The number of carbonyl (C=O) groups excluding carboxylic acids is 1. The van der Waals surface area contributed by atoms with Gasteiger partial charge >= 0.3 is 5.97 Å². The maximum absolute atomic E-state index is 13.4. The predicted molar refractivity (Wildman–Crippen MR) is 110 cm³/mol. The summed E-state index contributed by atoms with van der Waals surface area (Å²) >= 11 is 0. The van der Waals surface area contributed by atoms with Gasteiger partial charge in [0, 0.05) is 6.54 Å². The van der Waals surface area contributed by atoms with Gasteiger partial charge in [-0.25, -0.2) is 14.9 Å². The summed E-state index contributed by atoms with van der Waals surface area (Å²) in [5.41, 5.74) is 10.5. The fraction of sp³-hybridized carbons (Fsp3) is 0.250. The highest BCUT2D eigenvalue weighted by Gasteiger charge is 2.45. The van der Waals surface area contributed by atoms with Crippen LogP contribution in [0.1, 0.15) is 29.9 Å². The first-order valence-electron chi connectivity index (χ1n) is 9.14. The Balaban J connectivity index is 2.26. The van der Waals surface area contributed by atoms with Crippen LogP contribution in [0.3, 0.4) is 0 Å². The van der Waals surface area contributed by atoms with E-state index >= 15 is 0 Å². The molecule has 2 aromatic carbocycles. The number of nitrogens with two attached hydrogens (primary N) is 2. The summed E-state index contributed by atoms with van der Waals surface area (Å²) in [4.78, 5) is 35.7. The summed E-state index contributed by atoms with van der Waals surface area (Å²) in [6.07, 6.45) is -0.0746. The van der Waals surface area contributed by atoms with E-state index in [4.69, 9.17) is 11.5 Å². The Morgan fingerprint density at radius 2 is 1.60 bits per heavy atom. The SMILES string of the molecule is NC(=N[N+](=O)[O-])NCCC[C@](N)(C(=O)O)C(=O)C(c1ccccc1)c1ccccc1. The molecule has 0 aliphatic rings. The maximum atomic E-state index is 13.4. The molecule has 30 heavy (non-hydrogen) atoms. The third kappa shape index (κ3) is 5.61. The number of ketones is 1. The number of hydrogen-bond acceptors (Lipinski definition) is 5.